The highest BCUT2D eigenvalue weighted by atomic mass is 127. The van der Waals surface area contributed by atoms with Gasteiger partial charge < -0.3 is 0 Å². The van der Waals surface area contributed by atoms with E-state index in [4.69, 9.17) is 0 Å². The number of nitrogens with zero attached hydrogens (tertiary/aromatic N) is 2. The van der Waals surface area contributed by atoms with E-state index < -0.39 is 17.5 Å². The summed E-state index contributed by atoms with van der Waals surface area (Å²) in [6, 6.07) is 5.44. The van der Waals surface area contributed by atoms with Crippen molar-refractivity contribution in [3.05, 3.63) is 50.9 Å². The monoisotopic (exact) mass is 394 g/mol. The number of benzene rings is 1. The number of halogens is 4. The summed E-state index contributed by atoms with van der Waals surface area (Å²) in [5.41, 5.74) is -0.499. The van der Waals surface area contributed by atoms with Gasteiger partial charge >= 0.3 is 6.18 Å². The van der Waals surface area contributed by atoms with Crippen LogP contribution in [0.25, 0.3) is 0 Å². The molecule has 106 valence electrons. The maximum absolute atomic E-state index is 13.0. The zero-order chi connectivity index (χ0) is 14.9. The quantitative estimate of drug-likeness (QED) is 0.591. The molecule has 0 atom stereocenters. The first-order chi connectivity index (χ1) is 9.29. The van der Waals surface area contributed by atoms with Crippen LogP contribution >= 0.6 is 22.6 Å². The molecule has 2 rings (SSSR count). The van der Waals surface area contributed by atoms with Gasteiger partial charge in [0.05, 0.1) is 5.56 Å². The average molecular weight is 394 g/mol. The van der Waals surface area contributed by atoms with Crippen LogP contribution in [0.3, 0.4) is 0 Å². The molecule has 0 N–H and O–H groups in total. The van der Waals surface area contributed by atoms with Crippen molar-refractivity contribution in [2.24, 2.45) is 7.05 Å². The smallest absolute Gasteiger partial charge is 0.292 e. The average Bonchev–Trinajstić information content (AvgIpc) is 2.76. The molecule has 1 heterocycles. The second-order valence-corrected chi connectivity index (χ2v) is 5.48. The van der Waals surface area contributed by atoms with Crippen LogP contribution in [-0.2, 0) is 19.6 Å². The molecule has 0 saturated carbocycles. The van der Waals surface area contributed by atoms with Crippen molar-refractivity contribution in [2.75, 3.05) is 0 Å². The Morgan fingerprint density at radius 3 is 2.60 bits per heavy atom. The number of rotatable bonds is 3. The fraction of sp³-hybridized carbons (Fsp3) is 0.231. The minimum Gasteiger partial charge on any atom is -0.292 e. The van der Waals surface area contributed by atoms with Crippen molar-refractivity contribution in [2.45, 2.75) is 12.6 Å². The van der Waals surface area contributed by atoms with Crippen molar-refractivity contribution in [3.63, 3.8) is 0 Å². The lowest BCUT2D eigenvalue weighted by Gasteiger charge is -2.13. The first-order valence-electron chi connectivity index (χ1n) is 5.66. The molecule has 0 aliphatic rings. The lowest BCUT2D eigenvalue weighted by Crippen LogP contribution is -2.15. The Morgan fingerprint density at radius 1 is 1.35 bits per heavy atom. The summed E-state index contributed by atoms with van der Waals surface area (Å²) in [6.45, 7) is 0. The Kier molecular flexibility index (Phi) is 4.17. The summed E-state index contributed by atoms with van der Waals surface area (Å²) >= 11 is 1.81. The third-order valence-electron chi connectivity index (χ3n) is 2.83. The minimum atomic E-state index is -4.47. The molecule has 0 radical (unpaired) electrons. The van der Waals surface area contributed by atoms with Gasteiger partial charge in [-0.1, -0.05) is 6.07 Å². The molecule has 2 aromatic rings. The van der Waals surface area contributed by atoms with Gasteiger partial charge in [-0.25, -0.2) is 0 Å². The van der Waals surface area contributed by atoms with Crippen LogP contribution in [0.4, 0.5) is 13.2 Å². The molecule has 0 aliphatic carbocycles. The largest absolute Gasteiger partial charge is 0.416 e. The molecule has 0 spiro atoms. The van der Waals surface area contributed by atoms with Crippen LogP contribution < -0.4 is 0 Å². The highest BCUT2D eigenvalue weighted by Gasteiger charge is 2.34. The molecule has 20 heavy (non-hydrogen) atoms. The topological polar surface area (TPSA) is 34.9 Å². The van der Waals surface area contributed by atoms with Crippen molar-refractivity contribution in [3.8, 4) is 0 Å². The minimum absolute atomic E-state index is 0.0240. The fourth-order valence-electron chi connectivity index (χ4n) is 1.88. The number of aryl methyl sites for hydroxylation is 1. The normalized spacial score (nSPS) is 11.7. The summed E-state index contributed by atoms with van der Waals surface area (Å²) in [5, 5.41) is 3.84. The van der Waals surface area contributed by atoms with E-state index in [0.717, 1.165) is 6.07 Å². The molecule has 0 unspecified atom stereocenters. The predicted octanol–water partition coefficient (Wildman–Crippen LogP) is 3.47. The Balaban J connectivity index is 2.35. The van der Waals surface area contributed by atoms with Crippen LogP contribution in [0.2, 0.25) is 0 Å². The van der Waals surface area contributed by atoms with Gasteiger partial charge in [-0.15, -0.1) is 0 Å². The summed E-state index contributed by atoms with van der Waals surface area (Å²) < 4.78 is 40.7. The maximum atomic E-state index is 13.0. The number of carbonyl (C=O) groups excluding carboxylic acids is 1. The zero-order valence-corrected chi connectivity index (χ0v) is 12.6. The molecule has 0 bridgehead atoms. The third kappa shape index (κ3) is 3.20. The molecule has 1 aromatic carbocycles. The van der Waals surface area contributed by atoms with Gasteiger partial charge in [0.2, 0.25) is 0 Å². The van der Waals surface area contributed by atoms with E-state index in [9.17, 15) is 18.0 Å². The van der Waals surface area contributed by atoms with Gasteiger partial charge in [-0.05, 0) is 46.4 Å². The molecule has 7 heteroatoms. The second-order valence-electron chi connectivity index (χ2n) is 4.24. The highest BCUT2D eigenvalue weighted by Crippen LogP contribution is 2.33. The number of hydrogen-bond acceptors (Lipinski definition) is 2. The lowest BCUT2D eigenvalue weighted by molar-refractivity contribution is -0.138. The summed E-state index contributed by atoms with van der Waals surface area (Å²) in [7, 11) is 1.58. The van der Waals surface area contributed by atoms with Crippen LogP contribution in [-0.4, -0.2) is 15.6 Å². The van der Waals surface area contributed by atoms with E-state index in [2.05, 4.69) is 5.10 Å². The van der Waals surface area contributed by atoms with Gasteiger partial charge in [0.1, 0.15) is 5.69 Å². The molecular formula is C13H10F3IN2O. The number of hydrogen-bond donors (Lipinski definition) is 0. The zero-order valence-electron chi connectivity index (χ0n) is 10.4. The Bertz CT molecular complexity index is 649. The van der Waals surface area contributed by atoms with Gasteiger partial charge in [-0.2, -0.15) is 18.3 Å². The van der Waals surface area contributed by atoms with Crippen molar-refractivity contribution < 1.29 is 18.0 Å². The van der Waals surface area contributed by atoms with E-state index in [1.165, 1.54) is 23.0 Å². The van der Waals surface area contributed by atoms with Gasteiger partial charge in [0.15, 0.2) is 5.78 Å². The third-order valence-corrected chi connectivity index (χ3v) is 3.51. The fourth-order valence-corrected chi connectivity index (χ4v) is 2.37. The van der Waals surface area contributed by atoms with Crippen molar-refractivity contribution in [1.82, 2.24) is 9.78 Å². The number of ketones is 1. The molecule has 1 aromatic heterocycles. The lowest BCUT2D eigenvalue weighted by atomic mass is 10.0. The summed E-state index contributed by atoms with van der Waals surface area (Å²) in [4.78, 5) is 12.0. The molecular weight excluding hydrogens is 384 g/mol. The molecule has 3 nitrogen and oxygen atoms in total. The Hall–Kier alpha value is -1.38. The first kappa shape index (κ1) is 15.0. The van der Waals surface area contributed by atoms with Gasteiger partial charge in [-0.3, -0.25) is 9.48 Å². The highest BCUT2D eigenvalue weighted by molar-refractivity contribution is 14.1. The van der Waals surface area contributed by atoms with E-state index >= 15 is 0 Å². The van der Waals surface area contributed by atoms with Gasteiger partial charge in [0.25, 0.3) is 0 Å². The van der Waals surface area contributed by atoms with Crippen molar-refractivity contribution >= 4 is 28.4 Å². The SMILES string of the molecule is Cn1nccc1C(=O)Cc1ccc(I)cc1C(F)(F)F. The second kappa shape index (κ2) is 5.55. The number of aromatic nitrogens is 2. The van der Waals surface area contributed by atoms with E-state index in [1.807, 2.05) is 22.6 Å². The number of alkyl halides is 3. The van der Waals surface area contributed by atoms with Crippen LogP contribution in [0.5, 0.6) is 0 Å². The molecule has 0 fully saturated rings. The van der Waals surface area contributed by atoms with Gasteiger partial charge in [0, 0.05) is 23.2 Å². The number of carbonyl (C=O) groups is 1. The predicted molar refractivity (Wildman–Crippen MR) is 75.4 cm³/mol. The Morgan fingerprint density at radius 2 is 2.05 bits per heavy atom. The van der Waals surface area contributed by atoms with E-state index in [-0.39, 0.29) is 17.7 Å². The van der Waals surface area contributed by atoms with E-state index in [1.54, 1.807) is 13.1 Å². The van der Waals surface area contributed by atoms with Crippen LogP contribution in [0.1, 0.15) is 21.6 Å². The maximum Gasteiger partial charge on any atom is 0.416 e. The molecule has 0 aliphatic heterocycles. The van der Waals surface area contributed by atoms with Crippen LogP contribution in [0.15, 0.2) is 30.5 Å². The molecule has 0 amide bonds. The number of Topliss-reactive ketones (excluding diaryl/α,β-unsaturated/α-hetero) is 1. The summed E-state index contributed by atoms with van der Waals surface area (Å²) in [6.07, 6.45) is -3.33. The Labute approximate surface area is 126 Å². The van der Waals surface area contributed by atoms with Crippen molar-refractivity contribution in [1.29, 1.82) is 0 Å². The van der Waals surface area contributed by atoms with Crippen LogP contribution in [0, 0.1) is 3.57 Å². The first-order valence-corrected chi connectivity index (χ1v) is 6.73. The standard InChI is InChI=1S/C13H10F3IN2O/c1-19-11(4-5-18-19)12(20)6-8-2-3-9(17)7-10(8)13(14,15)16/h2-5,7H,6H2,1H3. The van der Waals surface area contributed by atoms with E-state index in [0.29, 0.717) is 3.57 Å². The summed E-state index contributed by atoms with van der Waals surface area (Å²) in [5.74, 6) is -0.392. The molecule has 0 saturated heterocycles.